The third kappa shape index (κ3) is 28.3. The standard InChI is InChI=1S/C34H44N4O9.C19H16O6.C15H30N4O4/c1-33(2,3)46-31(42)37-30(38-32(43)47-34(4,5)6)36-19-9-8-18-35-26(40)17-11-21-10-16-25-24(20-21)27(29(41)44-7)28(45-25)22-12-14-23(39)15-13-22;1-24-19(23)17-14-10-11(3-9-16(21)22)2-8-15(14)25-18(17)12-4-6-13(20)7-5-12;1-14(2,3)22-12(20)18-11(17-10-8-7-9-16)19-13(21)23-15(4,5)6/h10-17,20,27-28,39H,8-9,18-19H2,1-7H3,(H,35,40)(H2,36,37,38,42,43);2-10,17-18,20H,1H3,(H,21,22);7-10,16H2,1-6H3,(H2,17,18,19,20,21)/b17-11+;9-3+;/t27-,28+;17-,18+;/m11./s1. The van der Waals surface area contributed by atoms with Crippen molar-refractivity contribution in [2.75, 3.05) is 40.4 Å². The van der Waals surface area contributed by atoms with Crippen LogP contribution in [0.4, 0.5) is 19.2 Å². The lowest BCUT2D eigenvalue weighted by Crippen LogP contribution is -2.47. The van der Waals surface area contributed by atoms with Crippen LogP contribution in [-0.4, -0.2) is 138 Å². The molecule has 27 heteroatoms. The number of carbonyl (C=O) groups is 8. The molecule has 0 saturated carbocycles. The Morgan fingerprint density at radius 1 is 0.505 bits per heavy atom. The van der Waals surface area contributed by atoms with E-state index in [-0.39, 0.29) is 35.9 Å². The minimum absolute atomic E-state index is 0.00878. The Balaban J connectivity index is 0.000000336. The molecule has 0 spiro atoms. The Hall–Kier alpha value is -10.2. The number of hydrogen-bond donors (Lipinski definition) is 9. The summed E-state index contributed by atoms with van der Waals surface area (Å²) in [5.74, 6) is -2.48. The van der Waals surface area contributed by atoms with Gasteiger partial charge in [0, 0.05) is 42.9 Å². The molecule has 4 aromatic carbocycles. The highest BCUT2D eigenvalue weighted by Gasteiger charge is 2.43. The number of aromatic hydroxyl groups is 2. The number of hydrogen-bond acceptors (Lipinski definition) is 21. The summed E-state index contributed by atoms with van der Waals surface area (Å²) < 4.78 is 42.7. The van der Waals surface area contributed by atoms with Gasteiger partial charge in [-0.3, -0.25) is 45.6 Å². The SMILES string of the molecule is CC(C)(C)OC(=O)NC(=NCCCCN)NC(=O)OC(C)(C)C.COC(=O)[C@@H]1c2cc(/C=C/C(=O)NCCCCN=C(NC(=O)OC(C)(C)C)NC(=O)OC(C)(C)C)ccc2O[C@H]1c1ccc(O)cc1.COC(=O)[C@@H]1c2cc(/C=C/C(=O)O)ccc2O[C@H]1c1ccc(O)cc1. The molecule has 2 heterocycles. The van der Waals surface area contributed by atoms with Crippen LogP contribution in [0.25, 0.3) is 12.2 Å². The number of esters is 2. The van der Waals surface area contributed by atoms with E-state index < -0.39 is 88.7 Å². The van der Waals surface area contributed by atoms with E-state index in [0.717, 1.165) is 24.5 Å². The smallest absolute Gasteiger partial charge is 0.414 e. The van der Waals surface area contributed by atoms with Crippen molar-refractivity contribution >= 4 is 72.3 Å². The van der Waals surface area contributed by atoms with Gasteiger partial charge in [-0.2, -0.15) is 0 Å². The summed E-state index contributed by atoms with van der Waals surface area (Å²) in [5.41, 5.74) is 6.68. The fourth-order valence-electron chi connectivity index (χ4n) is 8.69. The van der Waals surface area contributed by atoms with Crippen molar-refractivity contribution in [3.05, 3.63) is 130 Å². The molecule has 6 rings (SSSR count). The lowest BCUT2D eigenvalue weighted by molar-refractivity contribution is -0.145. The molecule has 4 aromatic rings. The normalized spacial score (nSPS) is 15.4. The average Bonchev–Trinajstić information content (AvgIpc) is 1.64. The number of amides is 5. The Kier molecular flexibility index (Phi) is 29.1. The number of carboxylic acids is 1. The molecule has 4 atom stereocenters. The maximum atomic E-state index is 12.7. The summed E-state index contributed by atoms with van der Waals surface area (Å²) in [6.45, 7) is 22.3. The van der Waals surface area contributed by atoms with Gasteiger partial charge in [-0.15, -0.1) is 0 Å². The lowest BCUT2D eigenvalue weighted by Gasteiger charge is -2.22. The molecule has 0 aromatic heterocycles. The summed E-state index contributed by atoms with van der Waals surface area (Å²) in [6, 6.07) is 23.3. The number of phenolic OH excluding ortho intramolecular Hbond substituents is 2. The number of aliphatic carboxylic acids is 1. The monoisotopic (exact) mass is 1320 g/mol. The van der Waals surface area contributed by atoms with Crippen LogP contribution in [0, 0.1) is 0 Å². The number of alkyl carbamates (subject to hydrolysis) is 4. The van der Waals surface area contributed by atoms with Crippen molar-refractivity contribution in [3.8, 4) is 23.0 Å². The van der Waals surface area contributed by atoms with Gasteiger partial charge in [0.25, 0.3) is 0 Å². The molecule has 0 aliphatic carbocycles. The van der Waals surface area contributed by atoms with Gasteiger partial charge in [-0.1, -0.05) is 36.4 Å². The van der Waals surface area contributed by atoms with Crippen molar-refractivity contribution in [2.24, 2.45) is 15.7 Å². The number of ether oxygens (including phenoxy) is 8. The van der Waals surface area contributed by atoms with Gasteiger partial charge in [0.05, 0.1) is 14.2 Å². The van der Waals surface area contributed by atoms with Crippen LogP contribution in [-0.2, 0) is 47.6 Å². The second-order valence-electron chi connectivity index (χ2n) is 25.3. The van der Waals surface area contributed by atoms with Gasteiger partial charge in [0.1, 0.15) is 69.4 Å². The molecular formula is C68H90N8O19. The Bertz CT molecular complexity index is 3350. The fourth-order valence-corrected chi connectivity index (χ4v) is 8.69. The fraction of sp³-hybridized carbons (Fsp3) is 0.441. The molecule has 0 unspecified atom stereocenters. The molecule has 0 radical (unpaired) electrons. The largest absolute Gasteiger partial charge is 0.508 e. The molecule has 27 nitrogen and oxygen atoms in total. The maximum Gasteiger partial charge on any atom is 0.414 e. The Labute approximate surface area is 553 Å². The first-order valence-corrected chi connectivity index (χ1v) is 30.5. The van der Waals surface area contributed by atoms with Crippen LogP contribution in [0.3, 0.4) is 0 Å². The van der Waals surface area contributed by atoms with E-state index in [1.54, 1.807) is 150 Å². The molecule has 95 heavy (non-hydrogen) atoms. The molecule has 2 aliphatic rings. The number of methoxy groups -OCH3 is 2. The lowest BCUT2D eigenvalue weighted by atomic mass is 9.90. The van der Waals surface area contributed by atoms with E-state index in [9.17, 15) is 48.6 Å². The highest BCUT2D eigenvalue weighted by Crippen LogP contribution is 2.49. The first-order valence-electron chi connectivity index (χ1n) is 30.5. The summed E-state index contributed by atoms with van der Waals surface area (Å²) >= 11 is 0. The van der Waals surface area contributed by atoms with Crippen LogP contribution in [0.1, 0.15) is 166 Å². The average molecular weight is 1320 g/mol. The number of carboxylic acid groups (broad SMARTS) is 1. The van der Waals surface area contributed by atoms with Crippen LogP contribution in [0.5, 0.6) is 23.0 Å². The second-order valence-corrected chi connectivity index (χ2v) is 25.3. The molecule has 5 amide bonds. The van der Waals surface area contributed by atoms with Crippen molar-refractivity contribution in [1.29, 1.82) is 0 Å². The van der Waals surface area contributed by atoms with Gasteiger partial charge in [-0.25, -0.2) is 24.0 Å². The maximum absolute atomic E-state index is 12.7. The van der Waals surface area contributed by atoms with E-state index >= 15 is 0 Å². The molecule has 0 saturated heterocycles. The first kappa shape index (κ1) is 77.3. The molecule has 0 fully saturated rings. The quantitative estimate of drug-likeness (QED) is 0.0118. The third-order valence-corrected chi connectivity index (χ3v) is 12.6. The third-order valence-electron chi connectivity index (χ3n) is 12.6. The summed E-state index contributed by atoms with van der Waals surface area (Å²) in [7, 11) is 2.62. The topological polar surface area (TPSA) is 382 Å². The number of guanidine groups is 2. The molecule has 10 N–H and O–H groups in total. The highest BCUT2D eigenvalue weighted by molar-refractivity contribution is 6.02. The van der Waals surface area contributed by atoms with Gasteiger partial charge in [-0.05, 0) is 198 Å². The number of benzene rings is 4. The first-order chi connectivity index (χ1) is 44.5. The van der Waals surface area contributed by atoms with E-state index in [0.29, 0.717) is 71.8 Å². The number of nitrogens with one attached hydrogen (secondary N) is 5. The zero-order chi connectivity index (χ0) is 70.8. The van der Waals surface area contributed by atoms with Gasteiger partial charge < -0.3 is 64.3 Å². The molecule has 516 valence electrons. The summed E-state index contributed by atoms with van der Waals surface area (Å²) in [4.78, 5) is 105. The van der Waals surface area contributed by atoms with E-state index in [2.05, 4.69) is 36.6 Å². The van der Waals surface area contributed by atoms with Crippen molar-refractivity contribution in [2.45, 2.75) is 155 Å². The number of rotatable bonds is 17. The van der Waals surface area contributed by atoms with Crippen molar-refractivity contribution in [3.63, 3.8) is 0 Å². The van der Waals surface area contributed by atoms with E-state index in [4.69, 9.17) is 48.7 Å². The zero-order valence-electron chi connectivity index (χ0n) is 56.2. The van der Waals surface area contributed by atoms with Crippen molar-refractivity contribution in [1.82, 2.24) is 26.6 Å². The van der Waals surface area contributed by atoms with E-state index in [1.807, 2.05) is 0 Å². The van der Waals surface area contributed by atoms with Crippen LogP contribution in [0.2, 0.25) is 0 Å². The number of nitrogens with two attached hydrogens (primary N) is 1. The van der Waals surface area contributed by atoms with Crippen LogP contribution < -0.4 is 41.8 Å². The van der Waals surface area contributed by atoms with E-state index in [1.165, 1.54) is 50.6 Å². The Morgan fingerprint density at radius 3 is 1.18 bits per heavy atom. The number of aliphatic imine (C=N–C) groups is 2. The molecular weight excluding hydrogens is 1230 g/mol. The zero-order valence-corrected chi connectivity index (χ0v) is 56.2. The number of carbonyl (C=O) groups excluding carboxylic acids is 7. The molecule has 2 aliphatic heterocycles. The summed E-state index contributed by atoms with van der Waals surface area (Å²) in [5, 5.41) is 40.3. The summed E-state index contributed by atoms with van der Waals surface area (Å²) in [6.07, 6.45) is 4.01. The number of fused-ring (bicyclic) bond motifs is 2. The minimum Gasteiger partial charge on any atom is -0.508 e. The molecule has 0 bridgehead atoms. The van der Waals surface area contributed by atoms with Crippen LogP contribution >= 0.6 is 0 Å². The predicted octanol–water partition coefficient (Wildman–Crippen LogP) is 10.1. The van der Waals surface area contributed by atoms with Gasteiger partial charge in [0.2, 0.25) is 17.8 Å². The number of phenols is 2. The van der Waals surface area contributed by atoms with Gasteiger partial charge >= 0.3 is 42.3 Å². The number of unbranched alkanes of at least 4 members (excludes halogenated alkanes) is 2. The minimum atomic E-state index is -1.05. The second kappa shape index (κ2) is 35.7. The van der Waals surface area contributed by atoms with Gasteiger partial charge in [0.15, 0.2) is 0 Å². The predicted molar refractivity (Wildman–Crippen MR) is 354 cm³/mol. The Morgan fingerprint density at radius 2 is 0.853 bits per heavy atom. The number of nitrogens with zero attached hydrogens (tertiary/aromatic N) is 2. The van der Waals surface area contributed by atoms with Crippen molar-refractivity contribution < 1.29 is 91.6 Å². The van der Waals surface area contributed by atoms with Crippen LogP contribution in [0.15, 0.2) is 107 Å². The highest BCUT2D eigenvalue weighted by atomic mass is 16.6.